The lowest BCUT2D eigenvalue weighted by molar-refractivity contribution is 0.108. The van der Waals surface area contributed by atoms with E-state index in [1.807, 2.05) is 31.2 Å². The predicted molar refractivity (Wildman–Crippen MR) is 76.1 cm³/mol. The van der Waals surface area contributed by atoms with Gasteiger partial charge in [0.05, 0.1) is 11.3 Å². The van der Waals surface area contributed by atoms with Crippen molar-refractivity contribution in [3.8, 4) is 0 Å². The zero-order valence-electron chi connectivity index (χ0n) is 9.71. The van der Waals surface area contributed by atoms with Crippen LogP contribution in [0, 0.1) is 6.92 Å². The third kappa shape index (κ3) is 2.66. The van der Waals surface area contributed by atoms with Gasteiger partial charge in [0.2, 0.25) is 0 Å². The number of carbonyl (C=O) groups is 1. The average Bonchev–Trinajstić information content (AvgIpc) is 2.35. The predicted octanol–water partition coefficient (Wildman–Crippen LogP) is 4.77. The molecule has 18 heavy (non-hydrogen) atoms. The van der Waals surface area contributed by atoms with Crippen LogP contribution in [-0.2, 0) is 0 Å². The van der Waals surface area contributed by atoms with E-state index in [2.05, 4.69) is 5.32 Å². The number of para-hydroxylation sites is 1. The summed E-state index contributed by atoms with van der Waals surface area (Å²) in [7, 11) is 0. The Bertz CT molecular complexity index is 596. The van der Waals surface area contributed by atoms with E-state index in [0.717, 1.165) is 11.3 Å². The van der Waals surface area contributed by atoms with Crippen LogP contribution in [0.3, 0.4) is 0 Å². The normalized spacial score (nSPS) is 10.2. The number of hydrogen-bond donors (Lipinski definition) is 1. The zero-order chi connectivity index (χ0) is 13.1. The van der Waals surface area contributed by atoms with Gasteiger partial charge >= 0.3 is 0 Å². The van der Waals surface area contributed by atoms with Crippen molar-refractivity contribution in [2.24, 2.45) is 0 Å². The largest absolute Gasteiger partial charge is 0.355 e. The topological polar surface area (TPSA) is 29.1 Å². The molecule has 0 aliphatic heterocycles. The van der Waals surface area contributed by atoms with Gasteiger partial charge in [-0.25, -0.2) is 0 Å². The second-order valence-electron chi connectivity index (χ2n) is 3.86. The minimum absolute atomic E-state index is 0.443. The lowest BCUT2D eigenvalue weighted by Crippen LogP contribution is -1.99. The molecule has 0 bridgehead atoms. The number of anilines is 2. The van der Waals surface area contributed by atoms with Crippen LogP contribution in [0.15, 0.2) is 42.5 Å². The van der Waals surface area contributed by atoms with Crippen LogP contribution in [0.2, 0.25) is 5.02 Å². The third-order valence-corrected chi connectivity index (χ3v) is 3.29. The highest BCUT2D eigenvalue weighted by Crippen LogP contribution is 2.28. The van der Waals surface area contributed by atoms with E-state index in [1.165, 1.54) is 0 Å². The van der Waals surface area contributed by atoms with Gasteiger partial charge in [-0.15, -0.1) is 0 Å². The van der Waals surface area contributed by atoms with Crippen LogP contribution in [-0.4, -0.2) is 5.24 Å². The summed E-state index contributed by atoms with van der Waals surface area (Å²) in [6.07, 6.45) is 0. The second kappa shape index (κ2) is 5.42. The molecular formula is C14H11Cl2NO. The minimum atomic E-state index is -0.488. The van der Waals surface area contributed by atoms with Gasteiger partial charge in [0.15, 0.2) is 0 Å². The molecule has 0 spiro atoms. The molecule has 0 aromatic heterocycles. The quantitative estimate of drug-likeness (QED) is 0.820. The molecule has 0 atom stereocenters. The maximum Gasteiger partial charge on any atom is 0.254 e. The Morgan fingerprint density at radius 3 is 2.44 bits per heavy atom. The summed E-state index contributed by atoms with van der Waals surface area (Å²) >= 11 is 11.6. The highest BCUT2D eigenvalue weighted by atomic mass is 35.5. The van der Waals surface area contributed by atoms with Crippen LogP contribution < -0.4 is 5.32 Å². The molecule has 0 fully saturated rings. The molecule has 4 heteroatoms. The second-order valence-corrected chi connectivity index (χ2v) is 4.61. The minimum Gasteiger partial charge on any atom is -0.355 e. The van der Waals surface area contributed by atoms with Gasteiger partial charge in [-0.05, 0) is 48.4 Å². The highest BCUT2D eigenvalue weighted by molar-refractivity contribution is 6.68. The molecule has 0 unspecified atom stereocenters. The van der Waals surface area contributed by atoms with Crippen LogP contribution in [0.4, 0.5) is 11.4 Å². The molecule has 1 N–H and O–H groups in total. The number of benzene rings is 2. The van der Waals surface area contributed by atoms with E-state index in [1.54, 1.807) is 18.2 Å². The fourth-order valence-corrected chi connectivity index (χ4v) is 1.99. The van der Waals surface area contributed by atoms with Crippen molar-refractivity contribution in [1.82, 2.24) is 0 Å². The number of halogens is 2. The first-order valence-electron chi connectivity index (χ1n) is 5.40. The number of nitrogens with one attached hydrogen (secondary N) is 1. The smallest absolute Gasteiger partial charge is 0.254 e. The Balaban J connectivity index is 2.40. The highest BCUT2D eigenvalue weighted by Gasteiger charge is 2.09. The first-order valence-corrected chi connectivity index (χ1v) is 6.16. The number of hydrogen-bond acceptors (Lipinski definition) is 2. The summed E-state index contributed by atoms with van der Waals surface area (Å²) < 4.78 is 0. The molecule has 2 aromatic carbocycles. The molecule has 2 aromatic rings. The van der Waals surface area contributed by atoms with E-state index in [-0.39, 0.29) is 0 Å². The molecule has 0 aliphatic rings. The molecule has 0 saturated heterocycles. The maximum absolute atomic E-state index is 11.3. The number of rotatable bonds is 3. The van der Waals surface area contributed by atoms with Crippen molar-refractivity contribution in [3.05, 3.63) is 58.6 Å². The van der Waals surface area contributed by atoms with E-state index < -0.39 is 5.24 Å². The first kappa shape index (κ1) is 12.9. The van der Waals surface area contributed by atoms with Crippen molar-refractivity contribution >= 4 is 39.8 Å². The van der Waals surface area contributed by atoms with E-state index >= 15 is 0 Å². The van der Waals surface area contributed by atoms with Gasteiger partial charge in [-0.1, -0.05) is 29.8 Å². The maximum atomic E-state index is 11.3. The molecule has 2 rings (SSSR count). The molecule has 0 amide bonds. The SMILES string of the molecule is Cc1c(Cl)cccc1Nc1ccccc1C(=O)Cl. The standard InChI is InChI=1S/C14H11Cl2NO/c1-9-11(15)6-4-8-12(9)17-13-7-3-2-5-10(13)14(16)18/h2-8,17H,1H3. The van der Waals surface area contributed by atoms with Gasteiger partial charge in [-0.2, -0.15) is 0 Å². The molecule has 0 radical (unpaired) electrons. The van der Waals surface area contributed by atoms with Gasteiger partial charge in [-0.3, -0.25) is 4.79 Å². The molecular weight excluding hydrogens is 269 g/mol. The molecule has 0 saturated carbocycles. The van der Waals surface area contributed by atoms with Gasteiger partial charge < -0.3 is 5.32 Å². The van der Waals surface area contributed by atoms with Crippen molar-refractivity contribution in [1.29, 1.82) is 0 Å². The monoisotopic (exact) mass is 279 g/mol. The van der Waals surface area contributed by atoms with Gasteiger partial charge in [0.1, 0.15) is 0 Å². The molecule has 2 nitrogen and oxygen atoms in total. The van der Waals surface area contributed by atoms with Crippen LogP contribution >= 0.6 is 23.2 Å². The average molecular weight is 280 g/mol. The Morgan fingerprint density at radius 2 is 1.72 bits per heavy atom. The van der Waals surface area contributed by atoms with Gasteiger partial charge in [0.25, 0.3) is 5.24 Å². The van der Waals surface area contributed by atoms with Crippen LogP contribution in [0.25, 0.3) is 0 Å². The third-order valence-electron chi connectivity index (χ3n) is 2.68. The van der Waals surface area contributed by atoms with Gasteiger partial charge in [0, 0.05) is 10.7 Å². The Labute approximate surface area is 116 Å². The fourth-order valence-electron chi connectivity index (χ4n) is 1.65. The van der Waals surface area contributed by atoms with E-state index in [9.17, 15) is 4.79 Å². The van der Waals surface area contributed by atoms with Crippen molar-refractivity contribution in [2.45, 2.75) is 6.92 Å². The van der Waals surface area contributed by atoms with Crippen molar-refractivity contribution in [2.75, 3.05) is 5.32 Å². The van der Waals surface area contributed by atoms with Crippen LogP contribution in [0.5, 0.6) is 0 Å². The Hall–Kier alpha value is -1.51. The van der Waals surface area contributed by atoms with E-state index in [4.69, 9.17) is 23.2 Å². The summed E-state index contributed by atoms with van der Waals surface area (Å²) in [5.41, 5.74) is 2.89. The summed E-state index contributed by atoms with van der Waals surface area (Å²) in [5, 5.41) is 3.36. The summed E-state index contributed by atoms with van der Waals surface area (Å²) in [6.45, 7) is 1.91. The zero-order valence-corrected chi connectivity index (χ0v) is 11.2. The summed E-state index contributed by atoms with van der Waals surface area (Å²) in [4.78, 5) is 11.3. The summed E-state index contributed by atoms with van der Waals surface area (Å²) in [6, 6.07) is 12.7. The number of carbonyl (C=O) groups excluding carboxylic acids is 1. The Morgan fingerprint density at radius 1 is 1.06 bits per heavy atom. The molecule has 0 heterocycles. The molecule has 92 valence electrons. The van der Waals surface area contributed by atoms with Crippen molar-refractivity contribution in [3.63, 3.8) is 0 Å². The van der Waals surface area contributed by atoms with Crippen molar-refractivity contribution < 1.29 is 4.79 Å². The first-order chi connectivity index (χ1) is 8.59. The Kier molecular flexibility index (Phi) is 3.90. The fraction of sp³-hybridized carbons (Fsp3) is 0.0714. The molecule has 0 aliphatic carbocycles. The summed E-state index contributed by atoms with van der Waals surface area (Å²) in [5.74, 6) is 0. The lowest BCUT2D eigenvalue weighted by Gasteiger charge is -2.12. The van der Waals surface area contributed by atoms with Crippen LogP contribution in [0.1, 0.15) is 15.9 Å². The lowest BCUT2D eigenvalue weighted by atomic mass is 10.1. The van der Waals surface area contributed by atoms with E-state index in [0.29, 0.717) is 16.3 Å².